The molecule has 3 aromatic rings. The summed E-state index contributed by atoms with van der Waals surface area (Å²) in [4.78, 5) is 16.3. The van der Waals surface area contributed by atoms with Gasteiger partial charge in [-0.3, -0.25) is 0 Å². The summed E-state index contributed by atoms with van der Waals surface area (Å²) in [5, 5.41) is 4.12. The second-order valence-electron chi connectivity index (χ2n) is 5.08. The minimum atomic E-state index is -4.51. The number of halogens is 3. The van der Waals surface area contributed by atoms with Crippen LogP contribution in [0.5, 0.6) is 0 Å². The summed E-state index contributed by atoms with van der Waals surface area (Å²) in [6, 6.07) is 6.62. The summed E-state index contributed by atoms with van der Waals surface area (Å²) in [5.41, 5.74) is -0.111. The first-order chi connectivity index (χ1) is 11.4. The van der Waals surface area contributed by atoms with Crippen LogP contribution in [0.1, 0.15) is 27.2 Å². The van der Waals surface area contributed by atoms with Crippen LogP contribution in [0.2, 0.25) is 0 Å². The summed E-state index contributed by atoms with van der Waals surface area (Å²) in [5.74, 6) is -0.766. The standard InChI is InChI=1S/C16H12F3N3O2/c1-10-13(14-20-7-4-8-22(14)21-10)15(23)24-9-11-5-2-3-6-12(11)16(17,18)19/h2-8H,9H2,1H3. The van der Waals surface area contributed by atoms with Crippen molar-refractivity contribution >= 4 is 11.6 Å². The summed E-state index contributed by atoms with van der Waals surface area (Å²) < 4.78 is 45.3. The molecule has 0 bridgehead atoms. The predicted molar refractivity (Wildman–Crippen MR) is 78.3 cm³/mol. The van der Waals surface area contributed by atoms with E-state index >= 15 is 0 Å². The largest absolute Gasteiger partial charge is 0.457 e. The van der Waals surface area contributed by atoms with E-state index in [9.17, 15) is 18.0 Å². The number of ether oxygens (including phenoxy) is 1. The maximum atomic E-state index is 13.0. The average Bonchev–Trinajstić information content (AvgIpc) is 2.88. The summed E-state index contributed by atoms with van der Waals surface area (Å²) in [7, 11) is 0. The summed E-state index contributed by atoms with van der Waals surface area (Å²) >= 11 is 0. The van der Waals surface area contributed by atoms with E-state index in [0.717, 1.165) is 6.07 Å². The fourth-order valence-electron chi connectivity index (χ4n) is 2.37. The molecular formula is C16H12F3N3O2. The fourth-order valence-corrected chi connectivity index (χ4v) is 2.37. The number of aryl methyl sites for hydroxylation is 1. The van der Waals surface area contributed by atoms with Gasteiger partial charge in [-0.05, 0) is 19.1 Å². The highest BCUT2D eigenvalue weighted by molar-refractivity contribution is 5.97. The first-order valence-corrected chi connectivity index (χ1v) is 7.00. The molecule has 0 fully saturated rings. The number of hydrogen-bond acceptors (Lipinski definition) is 4. The Morgan fingerprint density at radius 1 is 1.25 bits per heavy atom. The molecule has 0 aliphatic heterocycles. The molecule has 0 atom stereocenters. The number of carbonyl (C=O) groups excluding carboxylic acids is 1. The van der Waals surface area contributed by atoms with E-state index in [1.165, 1.54) is 28.9 Å². The lowest BCUT2D eigenvalue weighted by Gasteiger charge is -2.12. The topological polar surface area (TPSA) is 56.5 Å². The van der Waals surface area contributed by atoms with Crippen LogP contribution in [0, 0.1) is 6.92 Å². The maximum absolute atomic E-state index is 13.0. The smallest absolute Gasteiger partial charge is 0.416 e. The Balaban J connectivity index is 1.85. The summed E-state index contributed by atoms with van der Waals surface area (Å²) in [6.07, 6.45) is -1.40. The molecule has 0 aliphatic rings. The van der Waals surface area contributed by atoms with Gasteiger partial charge in [0, 0.05) is 18.0 Å². The van der Waals surface area contributed by atoms with Gasteiger partial charge in [-0.2, -0.15) is 18.3 Å². The molecule has 5 nitrogen and oxygen atoms in total. The second kappa shape index (κ2) is 5.95. The van der Waals surface area contributed by atoms with E-state index in [2.05, 4.69) is 10.1 Å². The quantitative estimate of drug-likeness (QED) is 0.688. The molecule has 0 saturated heterocycles. The van der Waals surface area contributed by atoms with Crippen molar-refractivity contribution in [3.05, 3.63) is 65.1 Å². The average molecular weight is 335 g/mol. The normalized spacial score (nSPS) is 11.7. The van der Waals surface area contributed by atoms with Crippen molar-refractivity contribution in [2.24, 2.45) is 0 Å². The third kappa shape index (κ3) is 2.94. The van der Waals surface area contributed by atoms with Gasteiger partial charge in [0.25, 0.3) is 0 Å². The minimum Gasteiger partial charge on any atom is -0.457 e. The molecule has 2 heterocycles. The molecule has 0 radical (unpaired) electrons. The van der Waals surface area contributed by atoms with Gasteiger partial charge in [0.15, 0.2) is 5.65 Å². The van der Waals surface area contributed by atoms with E-state index in [1.54, 1.807) is 19.2 Å². The van der Waals surface area contributed by atoms with Crippen LogP contribution < -0.4 is 0 Å². The zero-order chi connectivity index (χ0) is 17.3. The maximum Gasteiger partial charge on any atom is 0.416 e. The molecule has 24 heavy (non-hydrogen) atoms. The van der Waals surface area contributed by atoms with E-state index in [1.807, 2.05) is 0 Å². The first kappa shape index (κ1) is 16.0. The Hall–Kier alpha value is -2.90. The third-order valence-corrected chi connectivity index (χ3v) is 3.46. The number of carbonyl (C=O) groups is 1. The zero-order valence-corrected chi connectivity index (χ0v) is 12.5. The van der Waals surface area contributed by atoms with Gasteiger partial charge in [0.2, 0.25) is 0 Å². The van der Waals surface area contributed by atoms with Crippen molar-refractivity contribution in [3.63, 3.8) is 0 Å². The highest BCUT2D eigenvalue weighted by Crippen LogP contribution is 2.32. The Bertz CT molecular complexity index is 903. The van der Waals surface area contributed by atoms with Gasteiger partial charge in [0.1, 0.15) is 12.2 Å². The van der Waals surface area contributed by atoms with Crippen LogP contribution in [0.25, 0.3) is 5.65 Å². The van der Waals surface area contributed by atoms with Crippen molar-refractivity contribution in [2.75, 3.05) is 0 Å². The molecular weight excluding hydrogens is 323 g/mol. The lowest BCUT2D eigenvalue weighted by atomic mass is 10.1. The lowest BCUT2D eigenvalue weighted by molar-refractivity contribution is -0.138. The van der Waals surface area contributed by atoms with Gasteiger partial charge in [-0.25, -0.2) is 14.3 Å². The van der Waals surface area contributed by atoms with Crippen molar-refractivity contribution in [2.45, 2.75) is 19.7 Å². The van der Waals surface area contributed by atoms with Crippen LogP contribution in [0.15, 0.2) is 42.7 Å². The zero-order valence-electron chi connectivity index (χ0n) is 12.5. The van der Waals surface area contributed by atoms with Gasteiger partial charge in [-0.1, -0.05) is 18.2 Å². The molecule has 124 valence electrons. The third-order valence-electron chi connectivity index (χ3n) is 3.46. The monoisotopic (exact) mass is 335 g/mol. The number of benzene rings is 1. The van der Waals surface area contributed by atoms with Crippen molar-refractivity contribution in [1.29, 1.82) is 0 Å². The van der Waals surface area contributed by atoms with Crippen LogP contribution in [0.4, 0.5) is 13.2 Å². The van der Waals surface area contributed by atoms with Crippen LogP contribution in [-0.4, -0.2) is 20.6 Å². The molecule has 0 spiro atoms. The number of esters is 1. The van der Waals surface area contributed by atoms with Crippen molar-refractivity contribution in [3.8, 4) is 0 Å². The Labute approximate surface area is 134 Å². The predicted octanol–water partition coefficient (Wildman–Crippen LogP) is 3.41. The van der Waals surface area contributed by atoms with E-state index in [-0.39, 0.29) is 11.1 Å². The number of hydrogen-bond donors (Lipinski definition) is 0. The van der Waals surface area contributed by atoms with Crippen molar-refractivity contribution < 1.29 is 22.7 Å². The Morgan fingerprint density at radius 3 is 2.75 bits per heavy atom. The minimum absolute atomic E-state index is 0.111. The highest BCUT2D eigenvalue weighted by Gasteiger charge is 2.33. The van der Waals surface area contributed by atoms with Gasteiger partial charge < -0.3 is 4.74 Å². The molecule has 3 rings (SSSR count). The van der Waals surface area contributed by atoms with Crippen LogP contribution >= 0.6 is 0 Å². The Morgan fingerprint density at radius 2 is 2.00 bits per heavy atom. The van der Waals surface area contributed by atoms with Gasteiger partial charge >= 0.3 is 12.1 Å². The second-order valence-corrected chi connectivity index (χ2v) is 5.08. The van der Waals surface area contributed by atoms with E-state index in [0.29, 0.717) is 11.3 Å². The van der Waals surface area contributed by atoms with E-state index in [4.69, 9.17) is 4.74 Å². The number of aromatic nitrogens is 3. The Kier molecular flexibility index (Phi) is 3.96. The molecule has 0 unspecified atom stereocenters. The number of nitrogens with zero attached hydrogens (tertiary/aromatic N) is 3. The first-order valence-electron chi connectivity index (χ1n) is 7.00. The van der Waals surface area contributed by atoms with Gasteiger partial charge in [-0.15, -0.1) is 0 Å². The molecule has 1 aromatic carbocycles. The molecule has 2 aromatic heterocycles. The number of fused-ring (bicyclic) bond motifs is 1. The molecule has 0 saturated carbocycles. The molecule has 8 heteroatoms. The van der Waals surface area contributed by atoms with Crippen molar-refractivity contribution in [1.82, 2.24) is 14.6 Å². The molecule has 0 aliphatic carbocycles. The molecule has 0 N–H and O–H groups in total. The van der Waals surface area contributed by atoms with Crippen LogP contribution in [0.3, 0.4) is 0 Å². The number of alkyl halides is 3. The molecule has 0 amide bonds. The fraction of sp³-hybridized carbons (Fsp3) is 0.188. The highest BCUT2D eigenvalue weighted by atomic mass is 19.4. The van der Waals surface area contributed by atoms with E-state index < -0.39 is 24.3 Å². The lowest BCUT2D eigenvalue weighted by Crippen LogP contribution is -2.12. The van der Waals surface area contributed by atoms with Crippen LogP contribution in [-0.2, 0) is 17.5 Å². The number of rotatable bonds is 3. The SMILES string of the molecule is Cc1nn2cccnc2c1C(=O)OCc1ccccc1C(F)(F)F. The summed E-state index contributed by atoms with van der Waals surface area (Å²) in [6.45, 7) is 1.12. The van der Waals surface area contributed by atoms with Gasteiger partial charge in [0.05, 0.1) is 11.3 Å².